The predicted molar refractivity (Wildman–Crippen MR) is 88.4 cm³/mol. The van der Waals surface area contributed by atoms with Crippen LogP contribution in [0.15, 0.2) is 48.5 Å². The molecular weight excluding hydrogens is 276 g/mol. The molecule has 0 aliphatic rings. The zero-order valence-corrected chi connectivity index (χ0v) is 12.6. The zero-order valence-electron chi connectivity index (χ0n) is 12.6. The van der Waals surface area contributed by atoms with Gasteiger partial charge in [-0.25, -0.2) is 0 Å². The minimum atomic E-state index is -0.170. The number of rotatable bonds is 7. The van der Waals surface area contributed by atoms with Crippen molar-refractivity contribution < 1.29 is 9.59 Å². The van der Waals surface area contributed by atoms with Crippen LogP contribution in [0, 0.1) is 6.92 Å². The highest BCUT2D eigenvalue weighted by Crippen LogP contribution is 2.13. The number of hydrogen-bond donors (Lipinski definition) is 2. The molecule has 0 spiro atoms. The highest BCUT2D eigenvalue weighted by atomic mass is 16.1. The molecule has 2 aromatic rings. The second kappa shape index (κ2) is 7.52. The summed E-state index contributed by atoms with van der Waals surface area (Å²) in [5, 5.41) is 3.13. The molecule has 22 heavy (non-hydrogen) atoms. The summed E-state index contributed by atoms with van der Waals surface area (Å²) >= 11 is 0. The first-order chi connectivity index (χ1) is 10.6. The van der Waals surface area contributed by atoms with Crippen molar-refractivity contribution in [2.24, 2.45) is 5.73 Å². The van der Waals surface area contributed by atoms with Gasteiger partial charge in [0.15, 0.2) is 11.6 Å². The molecule has 3 N–H and O–H groups in total. The molecular formula is C18H20N2O2. The highest BCUT2D eigenvalue weighted by Gasteiger charge is 2.13. The topological polar surface area (TPSA) is 72.2 Å². The van der Waals surface area contributed by atoms with E-state index >= 15 is 0 Å². The van der Waals surface area contributed by atoms with Crippen LogP contribution in [0.5, 0.6) is 0 Å². The molecule has 0 bridgehead atoms. The number of aryl methyl sites for hydroxylation is 1. The molecule has 0 radical (unpaired) electrons. The zero-order chi connectivity index (χ0) is 15.9. The van der Waals surface area contributed by atoms with Crippen molar-refractivity contribution in [3.8, 4) is 0 Å². The van der Waals surface area contributed by atoms with Crippen LogP contribution in [0.3, 0.4) is 0 Å². The van der Waals surface area contributed by atoms with Gasteiger partial charge in [0.25, 0.3) is 0 Å². The van der Waals surface area contributed by atoms with E-state index in [-0.39, 0.29) is 18.0 Å². The fourth-order valence-electron chi connectivity index (χ4n) is 2.08. The number of nitrogens with one attached hydrogen (secondary N) is 1. The van der Waals surface area contributed by atoms with Crippen LogP contribution in [0.25, 0.3) is 0 Å². The molecule has 2 aromatic carbocycles. The monoisotopic (exact) mass is 296 g/mol. The molecule has 0 unspecified atom stereocenters. The summed E-state index contributed by atoms with van der Waals surface area (Å²) in [5.41, 5.74) is 8.53. The third kappa shape index (κ3) is 4.27. The first-order valence-corrected chi connectivity index (χ1v) is 7.27. The van der Waals surface area contributed by atoms with Gasteiger partial charge in [-0.05, 0) is 31.2 Å². The van der Waals surface area contributed by atoms with E-state index in [0.717, 1.165) is 11.3 Å². The maximum absolute atomic E-state index is 12.2. The molecule has 0 aromatic heterocycles. The number of hydrogen-bond acceptors (Lipinski definition) is 4. The molecule has 4 heteroatoms. The highest BCUT2D eigenvalue weighted by molar-refractivity contribution is 6.13. The minimum Gasteiger partial charge on any atom is -0.384 e. The van der Waals surface area contributed by atoms with Crippen LogP contribution in [0.2, 0.25) is 0 Å². The van der Waals surface area contributed by atoms with E-state index in [0.29, 0.717) is 24.2 Å². The second-order valence-electron chi connectivity index (χ2n) is 5.18. The first kappa shape index (κ1) is 15.9. The van der Waals surface area contributed by atoms with Crippen molar-refractivity contribution in [3.63, 3.8) is 0 Å². The number of nitrogens with two attached hydrogens (primary N) is 1. The fourth-order valence-corrected chi connectivity index (χ4v) is 2.08. The van der Waals surface area contributed by atoms with Crippen LogP contribution in [-0.4, -0.2) is 24.7 Å². The van der Waals surface area contributed by atoms with E-state index in [2.05, 4.69) is 5.32 Å². The molecule has 0 fully saturated rings. The number of anilines is 1. The van der Waals surface area contributed by atoms with E-state index in [9.17, 15) is 9.59 Å². The van der Waals surface area contributed by atoms with Crippen molar-refractivity contribution >= 4 is 17.3 Å². The Labute approximate surface area is 130 Å². The van der Waals surface area contributed by atoms with E-state index in [1.807, 2.05) is 31.2 Å². The summed E-state index contributed by atoms with van der Waals surface area (Å²) in [6.07, 6.45) is -0.112. The quantitative estimate of drug-likeness (QED) is 0.609. The summed E-state index contributed by atoms with van der Waals surface area (Å²) in [5.74, 6) is -0.328. The molecule has 0 heterocycles. The van der Waals surface area contributed by atoms with E-state index in [1.54, 1.807) is 24.3 Å². The second-order valence-corrected chi connectivity index (χ2v) is 5.18. The van der Waals surface area contributed by atoms with Crippen LogP contribution >= 0.6 is 0 Å². The Hall–Kier alpha value is -2.46. The summed E-state index contributed by atoms with van der Waals surface area (Å²) in [7, 11) is 0. The van der Waals surface area contributed by atoms with Crippen molar-refractivity contribution in [3.05, 3.63) is 65.2 Å². The van der Waals surface area contributed by atoms with Gasteiger partial charge >= 0.3 is 0 Å². The summed E-state index contributed by atoms with van der Waals surface area (Å²) in [6.45, 7) is 3.19. The first-order valence-electron chi connectivity index (χ1n) is 7.27. The molecule has 0 aliphatic heterocycles. The number of carbonyl (C=O) groups excluding carboxylic acids is 2. The summed E-state index contributed by atoms with van der Waals surface area (Å²) in [6, 6.07) is 14.3. The third-order valence-electron chi connectivity index (χ3n) is 3.37. The van der Waals surface area contributed by atoms with Gasteiger partial charge < -0.3 is 11.1 Å². The van der Waals surface area contributed by atoms with E-state index < -0.39 is 0 Å². The molecule has 0 saturated heterocycles. The van der Waals surface area contributed by atoms with Gasteiger partial charge in [-0.2, -0.15) is 0 Å². The number of carbonyl (C=O) groups is 2. The fraction of sp³-hybridized carbons (Fsp3) is 0.222. The predicted octanol–water partition coefficient (Wildman–Crippen LogP) is 2.82. The Bertz CT molecular complexity index is 646. The molecule has 0 atom stereocenters. The molecule has 0 amide bonds. The Kier molecular flexibility index (Phi) is 5.44. The summed E-state index contributed by atoms with van der Waals surface area (Å²) < 4.78 is 0. The van der Waals surface area contributed by atoms with Gasteiger partial charge in [-0.15, -0.1) is 0 Å². The van der Waals surface area contributed by atoms with Crippen molar-refractivity contribution in [1.29, 1.82) is 0 Å². The van der Waals surface area contributed by atoms with Crippen molar-refractivity contribution in [2.75, 3.05) is 18.4 Å². The SMILES string of the molecule is Cc1ccc(C(=O)CC(=O)c2ccc(NCCN)cc2)cc1. The number of benzene rings is 2. The van der Waals surface area contributed by atoms with E-state index in [4.69, 9.17) is 5.73 Å². The lowest BCUT2D eigenvalue weighted by Gasteiger charge is -2.06. The Morgan fingerprint density at radius 3 is 1.91 bits per heavy atom. The average Bonchev–Trinajstić information content (AvgIpc) is 2.54. The van der Waals surface area contributed by atoms with Crippen LogP contribution in [0.1, 0.15) is 32.7 Å². The smallest absolute Gasteiger partial charge is 0.170 e. The molecule has 0 saturated carbocycles. The van der Waals surface area contributed by atoms with Gasteiger partial charge in [0.1, 0.15) is 0 Å². The Morgan fingerprint density at radius 2 is 1.41 bits per heavy atom. The normalized spacial score (nSPS) is 10.3. The number of ketones is 2. The van der Waals surface area contributed by atoms with Crippen LogP contribution in [-0.2, 0) is 0 Å². The molecule has 4 nitrogen and oxygen atoms in total. The van der Waals surface area contributed by atoms with Gasteiger partial charge in [-0.1, -0.05) is 29.8 Å². The largest absolute Gasteiger partial charge is 0.384 e. The number of Topliss-reactive ketones (excluding diaryl/α,β-unsaturated/α-hetero) is 2. The standard InChI is InChI=1S/C18H20N2O2/c1-13-2-4-14(5-3-13)17(21)12-18(22)15-6-8-16(9-7-15)20-11-10-19/h2-9,20H,10-12,19H2,1H3. The van der Waals surface area contributed by atoms with Crippen molar-refractivity contribution in [2.45, 2.75) is 13.3 Å². The third-order valence-corrected chi connectivity index (χ3v) is 3.37. The van der Waals surface area contributed by atoms with E-state index in [1.165, 1.54) is 0 Å². The van der Waals surface area contributed by atoms with Crippen LogP contribution in [0.4, 0.5) is 5.69 Å². The lowest BCUT2D eigenvalue weighted by molar-refractivity contribution is 0.0894. The molecule has 114 valence electrons. The Morgan fingerprint density at radius 1 is 0.909 bits per heavy atom. The molecule has 0 aliphatic carbocycles. The van der Waals surface area contributed by atoms with Gasteiger partial charge in [-0.3, -0.25) is 9.59 Å². The van der Waals surface area contributed by atoms with Gasteiger partial charge in [0.05, 0.1) is 6.42 Å². The minimum absolute atomic E-state index is 0.112. The van der Waals surface area contributed by atoms with Gasteiger partial charge in [0.2, 0.25) is 0 Å². The lowest BCUT2D eigenvalue weighted by atomic mass is 10.0. The average molecular weight is 296 g/mol. The maximum atomic E-state index is 12.2. The molecule has 2 rings (SSSR count). The van der Waals surface area contributed by atoms with Gasteiger partial charge in [0, 0.05) is 29.9 Å². The van der Waals surface area contributed by atoms with Crippen molar-refractivity contribution in [1.82, 2.24) is 0 Å². The lowest BCUT2D eigenvalue weighted by Crippen LogP contribution is -2.13. The maximum Gasteiger partial charge on any atom is 0.170 e. The summed E-state index contributed by atoms with van der Waals surface area (Å²) in [4.78, 5) is 24.3. The Balaban J connectivity index is 1.99. The van der Waals surface area contributed by atoms with Crippen LogP contribution < -0.4 is 11.1 Å².